The number of rotatable bonds is 2. The van der Waals surface area contributed by atoms with E-state index in [0.717, 1.165) is 51.4 Å². The van der Waals surface area contributed by atoms with Crippen LogP contribution in [0.3, 0.4) is 0 Å². The van der Waals surface area contributed by atoms with Crippen LogP contribution in [0.2, 0.25) is 5.15 Å². The van der Waals surface area contributed by atoms with Crippen LogP contribution in [0.15, 0.2) is 36.7 Å². The number of nitrogens with zero attached hydrogens (tertiary/aromatic N) is 5. The highest BCUT2D eigenvalue weighted by molar-refractivity contribution is 6.29. The molecule has 0 radical (unpaired) electrons. The molecule has 2 saturated heterocycles. The second-order valence-electron chi connectivity index (χ2n) is 7.95. The fourth-order valence-electron chi connectivity index (χ4n) is 3.44. The number of hydrogen-bond donors (Lipinski definition) is 2. The number of halogens is 1. The van der Waals surface area contributed by atoms with Gasteiger partial charge in [0.1, 0.15) is 23.1 Å². The molecule has 2 N–H and O–H groups in total. The summed E-state index contributed by atoms with van der Waals surface area (Å²) in [5, 5.41) is 23.9. The number of hydrogen-bond acceptors (Lipinski definition) is 11. The number of piperidine rings is 1. The number of carbonyl (C=O) groups excluding carboxylic acids is 3. The first-order chi connectivity index (χ1) is 17.9. The van der Waals surface area contributed by atoms with Crippen LogP contribution in [0.25, 0.3) is 0 Å². The van der Waals surface area contributed by atoms with Crippen molar-refractivity contribution in [2.24, 2.45) is 5.92 Å². The summed E-state index contributed by atoms with van der Waals surface area (Å²) < 4.78 is 4.61. The number of nitrogens with one attached hydrogen (secondary N) is 2. The summed E-state index contributed by atoms with van der Waals surface area (Å²) >= 11 is 5.45. The maximum atomic E-state index is 10.9. The van der Waals surface area contributed by atoms with Crippen LogP contribution >= 0.6 is 11.6 Å². The standard InChI is InChI=1S/C11H14N4.C7H13NO2.C6H3ClN2.CO2/c1-9-8-15(5-4-13-9)11-3-2-10(6-12)7-14-11;1-10-7(9)6-3-2-4-8-5-6;7-6-2-1-5(3-8)4-9-6;2-1-3/h2-3,7,9,13H,4-5,8H2,1H3;6,8H,2-5H2,1H3;1-2,4H;. The number of anilines is 1. The molecule has 0 saturated carbocycles. The van der Waals surface area contributed by atoms with Crippen molar-refractivity contribution < 1.29 is 19.1 Å². The fraction of sp³-hybridized carbons (Fsp3) is 0.440. The zero-order valence-electron chi connectivity index (χ0n) is 20.8. The SMILES string of the molecule is CC1CN(c2ccc(C#N)cn2)CCN1.COC(=O)C1CCCNC1.N#Cc1ccc(Cl)nc1.O=C=O. The van der Waals surface area contributed by atoms with Crippen molar-refractivity contribution in [2.45, 2.75) is 25.8 Å². The lowest BCUT2D eigenvalue weighted by Gasteiger charge is -2.32. The molecule has 2 unspecified atom stereocenters. The van der Waals surface area contributed by atoms with Crippen LogP contribution in [0.4, 0.5) is 5.82 Å². The van der Waals surface area contributed by atoms with E-state index in [-0.39, 0.29) is 18.0 Å². The molecule has 2 atom stereocenters. The van der Waals surface area contributed by atoms with E-state index in [4.69, 9.17) is 31.7 Å². The van der Waals surface area contributed by atoms with E-state index in [1.165, 1.54) is 13.3 Å². The van der Waals surface area contributed by atoms with Gasteiger partial charge in [0.05, 0.1) is 24.2 Å². The molecule has 4 rings (SSSR count). The average molecular weight is 528 g/mol. The van der Waals surface area contributed by atoms with E-state index >= 15 is 0 Å². The van der Waals surface area contributed by atoms with E-state index in [1.807, 2.05) is 18.2 Å². The van der Waals surface area contributed by atoms with Gasteiger partial charge in [0.25, 0.3) is 0 Å². The van der Waals surface area contributed by atoms with Gasteiger partial charge in [-0.1, -0.05) is 11.6 Å². The molecule has 2 aliphatic rings. The van der Waals surface area contributed by atoms with Gasteiger partial charge in [-0.3, -0.25) is 4.79 Å². The third kappa shape index (κ3) is 12.6. The normalized spacial score (nSPS) is 17.8. The van der Waals surface area contributed by atoms with Crippen molar-refractivity contribution >= 4 is 29.5 Å². The zero-order valence-corrected chi connectivity index (χ0v) is 21.6. The Morgan fingerprint density at radius 2 is 1.76 bits per heavy atom. The van der Waals surface area contributed by atoms with Gasteiger partial charge < -0.3 is 20.3 Å². The third-order valence-corrected chi connectivity index (χ3v) is 5.48. The molecule has 0 amide bonds. The van der Waals surface area contributed by atoms with E-state index in [1.54, 1.807) is 18.3 Å². The molecule has 2 aromatic heterocycles. The highest BCUT2D eigenvalue weighted by atomic mass is 35.5. The predicted octanol–water partition coefficient (Wildman–Crippen LogP) is 1.93. The minimum Gasteiger partial charge on any atom is -0.469 e. The average Bonchev–Trinajstić information content (AvgIpc) is 2.95. The number of nitriles is 2. The van der Waals surface area contributed by atoms with Gasteiger partial charge in [-0.05, 0) is 50.6 Å². The van der Waals surface area contributed by atoms with Crippen LogP contribution in [-0.2, 0) is 19.1 Å². The molecule has 12 heteroatoms. The first-order valence-electron chi connectivity index (χ1n) is 11.5. The van der Waals surface area contributed by atoms with E-state index in [2.05, 4.69) is 43.2 Å². The highest BCUT2D eigenvalue weighted by Crippen LogP contribution is 2.13. The Labute approximate surface area is 221 Å². The molecule has 2 aliphatic heterocycles. The van der Waals surface area contributed by atoms with Crippen LogP contribution in [-0.4, -0.2) is 68.0 Å². The monoisotopic (exact) mass is 527 g/mol. The molecular formula is C25H30ClN7O4. The number of esters is 1. The summed E-state index contributed by atoms with van der Waals surface area (Å²) in [5.74, 6) is 0.980. The summed E-state index contributed by atoms with van der Waals surface area (Å²) in [7, 11) is 1.44. The zero-order chi connectivity index (χ0) is 27.5. The topological polar surface area (TPSA) is 161 Å². The minimum absolute atomic E-state index is 0.0767. The Hall–Kier alpha value is -3.86. The van der Waals surface area contributed by atoms with Crippen LogP contribution in [0.5, 0.6) is 0 Å². The second-order valence-corrected chi connectivity index (χ2v) is 8.34. The molecule has 37 heavy (non-hydrogen) atoms. The first-order valence-corrected chi connectivity index (χ1v) is 11.9. The Bertz CT molecular complexity index is 1060. The Morgan fingerprint density at radius 3 is 2.22 bits per heavy atom. The Morgan fingerprint density at radius 1 is 1.11 bits per heavy atom. The number of piperazine rings is 1. The smallest absolute Gasteiger partial charge is 0.373 e. The lowest BCUT2D eigenvalue weighted by molar-refractivity contribution is -0.191. The summed E-state index contributed by atoms with van der Waals surface area (Å²) in [6, 6.07) is 11.4. The molecule has 0 spiro atoms. The molecule has 4 heterocycles. The van der Waals surface area contributed by atoms with E-state index in [0.29, 0.717) is 22.3 Å². The summed E-state index contributed by atoms with van der Waals surface area (Å²) in [5.41, 5.74) is 1.14. The molecule has 0 aliphatic carbocycles. The second kappa shape index (κ2) is 18.4. The summed E-state index contributed by atoms with van der Waals surface area (Å²) in [4.78, 5) is 37.4. The van der Waals surface area contributed by atoms with Gasteiger partial charge in [-0.25, -0.2) is 9.97 Å². The van der Waals surface area contributed by atoms with E-state index in [9.17, 15) is 4.79 Å². The third-order valence-electron chi connectivity index (χ3n) is 5.26. The highest BCUT2D eigenvalue weighted by Gasteiger charge is 2.20. The predicted molar refractivity (Wildman–Crippen MR) is 135 cm³/mol. The lowest BCUT2D eigenvalue weighted by atomic mass is 10.0. The number of carbonyl (C=O) groups is 1. The van der Waals surface area contributed by atoms with Crippen molar-refractivity contribution in [1.29, 1.82) is 10.5 Å². The number of aromatic nitrogens is 2. The number of methoxy groups -OCH3 is 1. The van der Waals surface area contributed by atoms with Gasteiger partial charge in [0.2, 0.25) is 0 Å². The van der Waals surface area contributed by atoms with Crippen molar-refractivity contribution in [3.8, 4) is 12.1 Å². The van der Waals surface area contributed by atoms with Crippen molar-refractivity contribution in [3.63, 3.8) is 0 Å². The molecular weight excluding hydrogens is 498 g/mol. The van der Waals surface area contributed by atoms with Crippen molar-refractivity contribution in [2.75, 3.05) is 44.7 Å². The maximum absolute atomic E-state index is 10.9. The van der Waals surface area contributed by atoms with Crippen LogP contribution < -0.4 is 15.5 Å². The van der Waals surface area contributed by atoms with Gasteiger partial charge in [0.15, 0.2) is 0 Å². The van der Waals surface area contributed by atoms with Crippen molar-refractivity contribution in [1.82, 2.24) is 20.6 Å². The minimum atomic E-state index is -0.0767. The van der Waals surface area contributed by atoms with E-state index < -0.39 is 0 Å². The molecule has 196 valence electrons. The Balaban J connectivity index is 0.000000273. The number of pyridine rings is 2. The lowest BCUT2D eigenvalue weighted by Crippen LogP contribution is -2.49. The summed E-state index contributed by atoms with van der Waals surface area (Å²) in [6.07, 6.45) is 5.36. The molecule has 0 aromatic carbocycles. The van der Waals surface area contributed by atoms with Crippen molar-refractivity contribution in [3.05, 3.63) is 52.9 Å². The van der Waals surface area contributed by atoms with Gasteiger partial charge >= 0.3 is 12.1 Å². The largest absolute Gasteiger partial charge is 0.469 e. The molecule has 2 fully saturated rings. The molecule has 11 nitrogen and oxygen atoms in total. The van der Waals surface area contributed by atoms with Crippen LogP contribution in [0.1, 0.15) is 30.9 Å². The molecule has 2 aromatic rings. The van der Waals surface area contributed by atoms with Gasteiger partial charge in [-0.2, -0.15) is 20.1 Å². The molecule has 0 bridgehead atoms. The van der Waals surface area contributed by atoms with Crippen LogP contribution in [0, 0.1) is 28.6 Å². The quantitative estimate of drug-likeness (QED) is 0.433. The number of ether oxygens (including phenoxy) is 1. The summed E-state index contributed by atoms with van der Waals surface area (Å²) in [6.45, 7) is 6.92. The first kappa shape index (κ1) is 31.2. The Kier molecular flexibility index (Phi) is 15.5. The van der Waals surface area contributed by atoms with Gasteiger partial charge in [-0.15, -0.1) is 0 Å². The van der Waals surface area contributed by atoms with Gasteiger partial charge in [0, 0.05) is 44.6 Å². The maximum Gasteiger partial charge on any atom is 0.373 e. The fourth-order valence-corrected chi connectivity index (χ4v) is 3.55.